The third-order valence-corrected chi connectivity index (χ3v) is 5.95. The van der Waals surface area contributed by atoms with Gasteiger partial charge < -0.3 is 10.2 Å². The van der Waals surface area contributed by atoms with Crippen molar-refractivity contribution in [1.82, 2.24) is 5.32 Å². The number of benzene rings is 2. The molecule has 26 heavy (non-hydrogen) atoms. The smallest absolute Gasteiger partial charge is 0.261 e. The summed E-state index contributed by atoms with van der Waals surface area (Å²) in [6, 6.07) is 22.6. The lowest BCUT2D eigenvalue weighted by Gasteiger charge is -2.30. The molecule has 0 fully saturated rings. The Labute approximate surface area is 158 Å². The number of aryl methyl sites for hydroxylation is 1. The molecule has 132 valence electrons. The Morgan fingerprint density at radius 3 is 2.65 bits per heavy atom. The first-order valence-electron chi connectivity index (χ1n) is 9.03. The van der Waals surface area contributed by atoms with Crippen LogP contribution in [0.15, 0.2) is 66.7 Å². The standard InChI is InChI=1S/C22H22N2OS/c1-16(17-8-3-2-4-9-17)23-22(25)20-13-14-21(26-20)24-15-7-11-18-10-5-6-12-19(18)24/h2-6,8-10,12-14,16H,7,11,15H2,1H3,(H,23,25)/t16-/m1/s1. The number of fused-ring (bicyclic) bond motifs is 1. The molecule has 0 radical (unpaired) electrons. The molecule has 1 atom stereocenters. The number of hydrogen-bond donors (Lipinski definition) is 1. The van der Waals surface area contributed by atoms with Crippen LogP contribution in [-0.4, -0.2) is 12.5 Å². The Balaban J connectivity index is 1.51. The van der Waals surface area contributed by atoms with E-state index >= 15 is 0 Å². The molecule has 2 heterocycles. The van der Waals surface area contributed by atoms with Crippen LogP contribution in [0.1, 0.15) is 40.2 Å². The van der Waals surface area contributed by atoms with Gasteiger partial charge in [-0.25, -0.2) is 0 Å². The van der Waals surface area contributed by atoms with Gasteiger partial charge in [0, 0.05) is 12.2 Å². The molecule has 0 bridgehead atoms. The number of thiophene rings is 1. The SMILES string of the molecule is C[C@@H](NC(=O)c1ccc(N2CCCc3ccccc32)s1)c1ccccc1. The van der Waals surface area contributed by atoms with E-state index in [1.54, 1.807) is 11.3 Å². The molecule has 0 saturated heterocycles. The van der Waals surface area contributed by atoms with Crippen molar-refractivity contribution >= 4 is 27.9 Å². The summed E-state index contributed by atoms with van der Waals surface area (Å²) >= 11 is 1.56. The molecular weight excluding hydrogens is 340 g/mol. The van der Waals surface area contributed by atoms with Gasteiger partial charge in [-0.1, -0.05) is 48.5 Å². The van der Waals surface area contributed by atoms with E-state index in [9.17, 15) is 4.79 Å². The Morgan fingerprint density at radius 2 is 1.81 bits per heavy atom. The topological polar surface area (TPSA) is 32.3 Å². The monoisotopic (exact) mass is 362 g/mol. The first-order chi connectivity index (χ1) is 12.7. The summed E-state index contributed by atoms with van der Waals surface area (Å²) in [7, 11) is 0. The van der Waals surface area contributed by atoms with E-state index < -0.39 is 0 Å². The summed E-state index contributed by atoms with van der Waals surface area (Å²) in [6.45, 7) is 3.02. The van der Waals surface area contributed by atoms with Crippen molar-refractivity contribution in [2.75, 3.05) is 11.4 Å². The third kappa shape index (κ3) is 3.37. The molecule has 1 aliphatic rings. The number of carbonyl (C=O) groups is 1. The average Bonchev–Trinajstić information content (AvgIpc) is 3.18. The van der Waals surface area contributed by atoms with Gasteiger partial charge in [-0.2, -0.15) is 0 Å². The molecule has 1 aromatic heterocycles. The van der Waals surface area contributed by atoms with E-state index in [4.69, 9.17) is 0 Å². The molecular formula is C22H22N2OS. The Hall–Kier alpha value is -2.59. The molecule has 1 N–H and O–H groups in total. The number of nitrogens with zero attached hydrogens (tertiary/aromatic N) is 1. The van der Waals surface area contributed by atoms with Gasteiger partial charge in [0.2, 0.25) is 0 Å². The van der Waals surface area contributed by atoms with Crippen molar-refractivity contribution in [3.05, 3.63) is 82.7 Å². The minimum absolute atomic E-state index is 0.00929. The zero-order chi connectivity index (χ0) is 17.9. The van der Waals surface area contributed by atoms with Gasteiger partial charge in [0.1, 0.15) is 0 Å². The normalized spacial score (nSPS) is 14.6. The quantitative estimate of drug-likeness (QED) is 0.681. The van der Waals surface area contributed by atoms with Crippen molar-refractivity contribution in [3.63, 3.8) is 0 Å². The molecule has 3 nitrogen and oxygen atoms in total. The Morgan fingerprint density at radius 1 is 1.04 bits per heavy atom. The molecule has 2 aromatic carbocycles. The van der Waals surface area contributed by atoms with Crippen molar-refractivity contribution in [3.8, 4) is 0 Å². The average molecular weight is 362 g/mol. The fourth-order valence-corrected chi connectivity index (χ4v) is 4.40. The summed E-state index contributed by atoms with van der Waals surface area (Å²) in [5.41, 5.74) is 3.77. The first kappa shape index (κ1) is 16.9. The van der Waals surface area contributed by atoms with E-state index in [0.717, 1.165) is 34.8 Å². The fourth-order valence-electron chi connectivity index (χ4n) is 3.45. The van der Waals surface area contributed by atoms with Gasteiger partial charge in [-0.3, -0.25) is 4.79 Å². The summed E-state index contributed by atoms with van der Waals surface area (Å²) in [6.07, 6.45) is 2.27. The number of nitrogens with one attached hydrogen (secondary N) is 1. The number of carbonyl (C=O) groups excluding carboxylic acids is 1. The van der Waals surface area contributed by atoms with Crippen LogP contribution in [-0.2, 0) is 6.42 Å². The van der Waals surface area contributed by atoms with E-state index in [0.29, 0.717) is 0 Å². The Kier molecular flexibility index (Phi) is 4.76. The first-order valence-corrected chi connectivity index (χ1v) is 9.85. The molecule has 4 heteroatoms. The minimum atomic E-state index is -0.0112. The van der Waals surface area contributed by atoms with Crippen molar-refractivity contribution in [2.45, 2.75) is 25.8 Å². The number of para-hydroxylation sites is 1. The van der Waals surface area contributed by atoms with Crippen LogP contribution < -0.4 is 10.2 Å². The van der Waals surface area contributed by atoms with E-state index in [2.05, 4.69) is 40.5 Å². The summed E-state index contributed by atoms with van der Waals surface area (Å²) < 4.78 is 0. The highest BCUT2D eigenvalue weighted by Crippen LogP contribution is 2.37. The van der Waals surface area contributed by atoms with E-state index in [-0.39, 0.29) is 11.9 Å². The predicted octanol–water partition coefficient (Wildman–Crippen LogP) is 5.32. The summed E-state index contributed by atoms with van der Waals surface area (Å²) in [5, 5.41) is 4.23. The fraction of sp³-hybridized carbons (Fsp3) is 0.227. The van der Waals surface area contributed by atoms with Gasteiger partial charge in [-0.15, -0.1) is 11.3 Å². The summed E-state index contributed by atoms with van der Waals surface area (Å²) in [4.78, 5) is 15.7. The van der Waals surface area contributed by atoms with Crippen LogP contribution in [0.25, 0.3) is 0 Å². The van der Waals surface area contributed by atoms with Crippen LogP contribution >= 0.6 is 11.3 Å². The van der Waals surface area contributed by atoms with Gasteiger partial charge >= 0.3 is 0 Å². The lowest BCUT2D eigenvalue weighted by Crippen LogP contribution is -2.26. The van der Waals surface area contributed by atoms with Crippen LogP contribution in [0.2, 0.25) is 0 Å². The minimum Gasteiger partial charge on any atom is -0.345 e. The van der Waals surface area contributed by atoms with Crippen molar-refractivity contribution < 1.29 is 4.79 Å². The van der Waals surface area contributed by atoms with Gasteiger partial charge in [0.25, 0.3) is 5.91 Å². The van der Waals surface area contributed by atoms with Crippen molar-refractivity contribution in [1.29, 1.82) is 0 Å². The van der Waals surface area contributed by atoms with E-state index in [1.165, 1.54) is 11.3 Å². The summed E-state index contributed by atoms with van der Waals surface area (Å²) in [5.74, 6) is -0.0112. The highest BCUT2D eigenvalue weighted by molar-refractivity contribution is 7.18. The number of anilines is 2. The largest absolute Gasteiger partial charge is 0.345 e. The Bertz CT molecular complexity index is 903. The van der Waals surface area contributed by atoms with Crippen molar-refractivity contribution in [2.24, 2.45) is 0 Å². The molecule has 0 saturated carbocycles. The van der Waals surface area contributed by atoms with E-state index in [1.807, 2.05) is 43.3 Å². The molecule has 4 rings (SSSR count). The molecule has 3 aromatic rings. The predicted molar refractivity (Wildman–Crippen MR) is 108 cm³/mol. The number of hydrogen-bond acceptors (Lipinski definition) is 3. The lowest BCUT2D eigenvalue weighted by molar-refractivity contribution is 0.0944. The maximum absolute atomic E-state index is 12.7. The number of amides is 1. The van der Waals surface area contributed by atoms with Crippen LogP contribution in [0.4, 0.5) is 10.7 Å². The highest BCUT2D eigenvalue weighted by Gasteiger charge is 2.21. The van der Waals surface area contributed by atoms with Gasteiger partial charge in [-0.05, 0) is 49.1 Å². The maximum Gasteiger partial charge on any atom is 0.261 e. The van der Waals surface area contributed by atoms with Crippen LogP contribution in [0.3, 0.4) is 0 Å². The molecule has 0 aliphatic carbocycles. The lowest BCUT2D eigenvalue weighted by atomic mass is 10.0. The van der Waals surface area contributed by atoms with Crippen LogP contribution in [0.5, 0.6) is 0 Å². The molecule has 1 amide bonds. The number of rotatable bonds is 4. The zero-order valence-corrected chi connectivity index (χ0v) is 15.6. The highest BCUT2D eigenvalue weighted by atomic mass is 32.1. The van der Waals surface area contributed by atoms with Gasteiger partial charge in [0.15, 0.2) is 0 Å². The van der Waals surface area contributed by atoms with Crippen LogP contribution in [0, 0.1) is 0 Å². The second-order valence-electron chi connectivity index (χ2n) is 6.63. The maximum atomic E-state index is 12.7. The second-order valence-corrected chi connectivity index (χ2v) is 7.69. The third-order valence-electron chi connectivity index (χ3n) is 4.84. The van der Waals surface area contributed by atoms with Gasteiger partial charge in [0.05, 0.1) is 15.9 Å². The molecule has 1 aliphatic heterocycles. The second kappa shape index (κ2) is 7.34. The molecule has 0 spiro atoms. The molecule has 0 unspecified atom stereocenters. The zero-order valence-electron chi connectivity index (χ0n) is 14.8.